The van der Waals surface area contributed by atoms with Gasteiger partial charge in [-0.3, -0.25) is 0 Å². The first kappa shape index (κ1) is 25.3. The fourth-order valence-corrected chi connectivity index (χ4v) is 4.99. The van der Waals surface area contributed by atoms with Crippen LogP contribution in [0, 0.1) is 0 Å². The first-order chi connectivity index (χ1) is 11.9. The van der Waals surface area contributed by atoms with Crippen LogP contribution in [-0.4, -0.2) is 48.9 Å². The van der Waals surface area contributed by atoms with Crippen molar-refractivity contribution in [1.29, 1.82) is 0 Å². The van der Waals surface area contributed by atoms with Crippen molar-refractivity contribution in [2.45, 2.75) is 96.8 Å². The lowest BCUT2D eigenvalue weighted by Gasteiger charge is -2.23. The van der Waals surface area contributed by atoms with Gasteiger partial charge in [-0.05, 0) is 18.9 Å². The van der Waals surface area contributed by atoms with E-state index in [9.17, 15) is 5.11 Å². The highest BCUT2D eigenvalue weighted by Crippen LogP contribution is 2.17. The fourth-order valence-electron chi connectivity index (χ4n) is 3.08. The van der Waals surface area contributed by atoms with E-state index in [1.807, 2.05) is 0 Å². The Morgan fingerprint density at radius 2 is 1.08 bits per heavy atom. The van der Waals surface area contributed by atoms with Crippen LogP contribution in [0.25, 0.3) is 0 Å². The molecular formula is C21H45NOPS+. The SMILES string of the molecule is CCCCCCCCCCCCCCCC/P(=S)=C(\O)C[N+](C)(C)C. The quantitative estimate of drug-likeness (QED) is 0.171. The van der Waals surface area contributed by atoms with E-state index in [1.54, 1.807) is 0 Å². The number of quaternary nitrogens is 1. The highest BCUT2D eigenvalue weighted by molar-refractivity contribution is 8.04. The Hall–Kier alpha value is 0.310. The second-order valence-corrected chi connectivity index (χ2v) is 11.6. The molecule has 0 amide bonds. The topological polar surface area (TPSA) is 20.2 Å². The molecule has 0 aromatic carbocycles. The normalized spacial score (nSPS) is 13.2. The summed E-state index contributed by atoms with van der Waals surface area (Å²) in [6, 6.07) is 0. The number of aliphatic hydroxyl groups excluding tert-OH is 1. The zero-order chi connectivity index (χ0) is 19.0. The molecule has 0 rings (SSSR count). The lowest BCUT2D eigenvalue weighted by atomic mass is 10.0. The van der Waals surface area contributed by atoms with Gasteiger partial charge in [0.25, 0.3) is 0 Å². The van der Waals surface area contributed by atoms with Crippen molar-refractivity contribution in [3.63, 3.8) is 0 Å². The summed E-state index contributed by atoms with van der Waals surface area (Å²) < 4.78 is 0.764. The van der Waals surface area contributed by atoms with Crippen LogP contribution in [0.1, 0.15) is 96.8 Å². The molecule has 0 aliphatic rings. The number of aliphatic hydroxyl groups is 1. The summed E-state index contributed by atoms with van der Waals surface area (Å²) in [5.74, 6) is 0. The second kappa shape index (κ2) is 16.5. The Balaban J connectivity index is 3.39. The van der Waals surface area contributed by atoms with Crippen molar-refractivity contribution < 1.29 is 9.59 Å². The summed E-state index contributed by atoms with van der Waals surface area (Å²) in [5.41, 5.74) is 0.562. The minimum absolute atomic E-state index is 0.562. The van der Waals surface area contributed by atoms with E-state index in [2.05, 4.69) is 28.1 Å². The molecule has 2 nitrogen and oxygen atoms in total. The van der Waals surface area contributed by atoms with Gasteiger partial charge in [-0.2, -0.15) is 0 Å². The predicted octanol–water partition coefficient (Wildman–Crippen LogP) is 6.62. The maximum atomic E-state index is 10.1. The maximum absolute atomic E-state index is 10.1. The van der Waals surface area contributed by atoms with Gasteiger partial charge in [0.15, 0.2) is 0 Å². The highest BCUT2D eigenvalue weighted by Gasteiger charge is 2.10. The summed E-state index contributed by atoms with van der Waals surface area (Å²) in [7, 11) is 6.30. The van der Waals surface area contributed by atoms with Crippen LogP contribution in [0.15, 0.2) is 0 Å². The number of hydrogen-bond donors (Lipinski definition) is 1. The molecule has 1 atom stereocenters. The molecule has 150 valence electrons. The molecule has 0 fully saturated rings. The van der Waals surface area contributed by atoms with Crippen molar-refractivity contribution >= 4 is 23.6 Å². The van der Waals surface area contributed by atoms with Gasteiger partial charge in [-0.25, -0.2) is 0 Å². The van der Waals surface area contributed by atoms with E-state index in [0.29, 0.717) is 12.0 Å². The van der Waals surface area contributed by atoms with E-state index in [0.717, 1.165) is 10.6 Å². The van der Waals surface area contributed by atoms with E-state index >= 15 is 0 Å². The Labute approximate surface area is 164 Å². The largest absolute Gasteiger partial charge is 0.355 e. The highest BCUT2D eigenvalue weighted by atomic mass is 32.4. The van der Waals surface area contributed by atoms with E-state index in [-0.39, 0.29) is 0 Å². The zero-order valence-corrected chi connectivity index (χ0v) is 19.3. The van der Waals surface area contributed by atoms with Crippen molar-refractivity contribution in [1.82, 2.24) is 0 Å². The summed E-state index contributed by atoms with van der Waals surface area (Å²) in [6.45, 7) is 2.99. The van der Waals surface area contributed by atoms with Crippen LogP contribution in [-0.2, 0) is 11.8 Å². The molecule has 1 unspecified atom stereocenters. The molecule has 0 radical (unpaired) electrons. The van der Waals surface area contributed by atoms with Crippen LogP contribution in [0.4, 0.5) is 0 Å². The van der Waals surface area contributed by atoms with Gasteiger partial charge < -0.3 is 9.59 Å². The van der Waals surface area contributed by atoms with Gasteiger partial charge in [-0.1, -0.05) is 102 Å². The standard InChI is InChI=1S/C21H44NOPS/c1-5-6-7-8-9-10-11-12-13-14-15-16-17-18-19-24(25)21(23)20-22(2,3)4/h5-20H2,1-4H3/p+1. The van der Waals surface area contributed by atoms with Crippen molar-refractivity contribution in [2.75, 3.05) is 33.8 Å². The third-order valence-electron chi connectivity index (χ3n) is 4.62. The molecule has 0 aliphatic heterocycles. The Bertz CT molecular complexity index is 384. The Kier molecular flexibility index (Phi) is 16.7. The van der Waals surface area contributed by atoms with Gasteiger partial charge in [0.05, 0.1) is 21.1 Å². The van der Waals surface area contributed by atoms with Crippen LogP contribution >= 0.6 is 6.32 Å². The van der Waals surface area contributed by atoms with Crippen LogP contribution in [0.2, 0.25) is 0 Å². The first-order valence-corrected chi connectivity index (χ1v) is 13.2. The number of nitrogens with zero attached hydrogens (tertiary/aromatic N) is 1. The number of likely N-dealkylation sites (N-methyl/N-ethyl adjacent to an activating group) is 1. The molecule has 0 aromatic heterocycles. The van der Waals surface area contributed by atoms with Crippen LogP contribution in [0.5, 0.6) is 0 Å². The minimum atomic E-state index is -0.707. The van der Waals surface area contributed by atoms with Gasteiger partial charge in [0, 0.05) is 0 Å². The van der Waals surface area contributed by atoms with Crippen LogP contribution < -0.4 is 0 Å². The van der Waals surface area contributed by atoms with Crippen molar-refractivity contribution in [3.8, 4) is 0 Å². The van der Waals surface area contributed by atoms with E-state index in [4.69, 9.17) is 11.8 Å². The molecule has 4 heteroatoms. The number of unbranched alkanes of at least 4 members (excludes halogenated alkanes) is 13. The molecule has 0 saturated heterocycles. The van der Waals surface area contributed by atoms with Crippen LogP contribution in [0.3, 0.4) is 0 Å². The molecule has 0 spiro atoms. The maximum Gasteiger partial charge on any atom is 0.133 e. The first-order valence-electron chi connectivity index (χ1n) is 10.7. The minimum Gasteiger partial charge on any atom is -0.355 e. The monoisotopic (exact) mass is 390 g/mol. The molecule has 25 heavy (non-hydrogen) atoms. The molecule has 0 aromatic rings. The van der Waals surface area contributed by atoms with Crippen molar-refractivity contribution in [2.24, 2.45) is 0 Å². The fraction of sp³-hybridized carbons (Fsp3) is 0.952. The zero-order valence-electron chi connectivity index (χ0n) is 17.6. The third-order valence-corrected chi connectivity index (χ3v) is 7.24. The number of hydrogen-bond acceptors (Lipinski definition) is 1. The molecule has 0 heterocycles. The second-order valence-electron chi connectivity index (χ2n) is 8.56. The Morgan fingerprint density at radius 1 is 0.720 bits per heavy atom. The van der Waals surface area contributed by atoms with Gasteiger partial charge in [0.1, 0.15) is 12.0 Å². The Morgan fingerprint density at radius 3 is 1.44 bits per heavy atom. The lowest BCUT2D eigenvalue weighted by Crippen LogP contribution is -2.39. The van der Waals surface area contributed by atoms with Gasteiger partial charge >= 0.3 is 0 Å². The smallest absolute Gasteiger partial charge is 0.133 e. The summed E-state index contributed by atoms with van der Waals surface area (Å²) in [4.78, 5) is 0. The molecular weight excluding hydrogens is 345 g/mol. The third kappa shape index (κ3) is 18.9. The molecule has 0 bridgehead atoms. The number of rotatable bonds is 17. The van der Waals surface area contributed by atoms with Gasteiger partial charge in [-0.15, -0.1) is 0 Å². The van der Waals surface area contributed by atoms with E-state index in [1.165, 1.54) is 89.9 Å². The average molecular weight is 391 g/mol. The summed E-state index contributed by atoms with van der Waals surface area (Å²) in [6.07, 6.45) is 19.7. The van der Waals surface area contributed by atoms with E-state index < -0.39 is 6.32 Å². The van der Waals surface area contributed by atoms with Gasteiger partial charge in [0.2, 0.25) is 0 Å². The molecule has 0 aliphatic carbocycles. The lowest BCUT2D eigenvalue weighted by molar-refractivity contribution is -0.861. The average Bonchev–Trinajstić information content (AvgIpc) is 2.53. The van der Waals surface area contributed by atoms with Crippen molar-refractivity contribution in [3.05, 3.63) is 0 Å². The summed E-state index contributed by atoms with van der Waals surface area (Å²) in [5, 5.41) is 10.1. The predicted molar refractivity (Wildman–Crippen MR) is 119 cm³/mol. The molecule has 0 saturated carbocycles. The summed E-state index contributed by atoms with van der Waals surface area (Å²) >= 11 is 5.49. The molecule has 1 N–H and O–H groups in total.